The maximum atomic E-state index is 10.7. The molecule has 0 aliphatic heterocycles. The third-order valence-corrected chi connectivity index (χ3v) is 2.46. The summed E-state index contributed by atoms with van der Waals surface area (Å²) in [4.78, 5) is 14.3. The van der Waals surface area contributed by atoms with Gasteiger partial charge in [0.25, 0.3) is 5.69 Å². The number of rotatable bonds is 3. The Hall–Kier alpha value is -2.44. The van der Waals surface area contributed by atoms with E-state index in [9.17, 15) is 10.1 Å². The molecule has 2 rings (SSSR count). The molecule has 2 aromatic heterocycles. The molecule has 0 bridgehead atoms. The number of hydrogen-bond donors (Lipinski definition) is 1. The van der Waals surface area contributed by atoms with Crippen molar-refractivity contribution in [3.8, 4) is 5.82 Å². The molecule has 0 saturated carbocycles. The Morgan fingerprint density at radius 3 is 2.72 bits per heavy atom. The fourth-order valence-corrected chi connectivity index (χ4v) is 1.52. The van der Waals surface area contributed by atoms with Crippen LogP contribution in [-0.4, -0.2) is 19.7 Å². The SMILES string of the molecule is CC(C)c1ccn(-c2cc([N+](=O)[O-])cc(N)n2)n1. The molecule has 0 atom stereocenters. The predicted octanol–water partition coefficient (Wildman–Crippen LogP) is 1.88. The van der Waals surface area contributed by atoms with Crippen LogP contribution in [0.5, 0.6) is 0 Å². The normalized spacial score (nSPS) is 10.8. The first-order valence-corrected chi connectivity index (χ1v) is 5.45. The number of nitrogens with zero attached hydrogens (tertiary/aromatic N) is 4. The van der Waals surface area contributed by atoms with Crippen molar-refractivity contribution in [2.45, 2.75) is 19.8 Å². The van der Waals surface area contributed by atoms with Crippen LogP contribution in [0.2, 0.25) is 0 Å². The summed E-state index contributed by atoms with van der Waals surface area (Å²) in [5.41, 5.74) is 6.34. The highest BCUT2D eigenvalue weighted by Gasteiger charge is 2.12. The molecule has 0 unspecified atom stereocenters. The summed E-state index contributed by atoms with van der Waals surface area (Å²) < 4.78 is 1.48. The second kappa shape index (κ2) is 4.44. The number of hydrogen-bond acceptors (Lipinski definition) is 5. The predicted molar refractivity (Wildman–Crippen MR) is 66.5 cm³/mol. The van der Waals surface area contributed by atoms with Crippen LogP contribution in [0.15, 0.2) is 24.4 Å². The van der Waals surface area contributed by atoms with Gasteiger partial charge < -0.3 is 5.73 Å². The number of aromatic nitrogens is 3. The van der Waals surface area contributed by atoms with Gasteiger partial charge in [0.15, 0.2) is 5.82 Å². The van der Waals surface area contributed by atoms with E-state index in [-0.39, 0.29) is 17.4 Å². The van der Waals surface area contributed by atoms with Crippen LogP contribution < -0.4 is 5.73 Å². The Morgan fingerprint density at radius 2 is 2.17 bits per heavy atom. The van der Waals surface area contributed by atoms with E-state index < -0.39 is 4.92 Å². The lowest BCUT2D eigenvalue weighted by Gasteiger charge is -2.02. The van der Waals surface area contributed by atoms with Crippen LogP contribution in [0.3, 0.4) is 0 Å². The first-order valence-electron chi connectivity index (χ1n) is 5.45. The van der Waals surface area contributed by atoms with Gasteiger partial charge in [0.1, 0.15) is 5.82 Å². The molecule has 0 amide bonds. The zero-order chi connectivity index (χ0) is 13.3. The largest absolute Gasteiger partial charge is 0.383 e. The number of nitrogens with two attached hydrogens (primary N) is 1. The van der Waals surface area contributed by atoms with Gasteiger partial charge in [-0.1, -0.05) is 13.8 Å². The van der Waals surface area contributed by atoms with E-state index in [1.807, 2.05) is 19.9 Å². The summed E-state index contributed by atoms with van der Waals surface area (Å²) in [6, 6.07) is 4.41. The average molecular weight is 247 g/mol. The molecule has 0 radical (unpaired) electrons. The smallest absolute Gasteiger partial charge is 0.276 e. The van der Waals surface area contributed by atoms with Gasteiger partial charge in [-0.25, -0.2) is 9.67 Å². The van der Waals surface area contributed by atoms with Gasteiger partial charge in [0.05, 0.1) is 22.7 Å². The van der Waals surface area contributed by atoms with Crippen molar-refractivity contribution in [3.63, 3.8) is 0 Å². The monoisotopic (exact) mass is 247 g/mol. The molecule has 0 fully saturated rings. The lowest BCUT2D eigenvalue weighted by Crippen LogP contribution is -2.03. The van der Waals surface area contributed by atoms with Gasteiger partial charge in [-0.3, -0.25) is 10.1 Å². The Balaban J connectivity index is 2.46. The molecule has 2 aromatic rings. The van der Waals surface area contributed by atoms with E-state index in [4.69, 9.17) is 5.73 Å². The Labute approximate surface area is 103 Å². The lowest BCUT2D eigenvalue weighted by atomic mass is 10.1. The zero-order valence-electron chi connectivity index (χ0n) is 10.1. The summed E-state index contributed by atoms with van der Waals surface area (Å²) in [6.45, 7) is 4.03. The highest BCUT2D eigenvalue weighted by molar-refractivity contribution is 5.47. The van der Waals surface area contributed by atoms with Crippen molar-refractivity contribution in [2.75, 3.05) is 5.73 Å². The summed E-state index contributed by atoms with van der Waals surface area (Å²) in [5.74, 6) is 0.719. The molecule has 0 spiro atoms. The van der Waals surface area contributed by atoms with E-state index in [1.165, 1.54) is 16.8 Å². The molecule has 0 saturated heterocycles. The lowest BCUT2D eigenvalue weighted by molar-refractivity contribution is -0.384. The fourth-order valence-electron chi connectivity index (χ4n) is 1.52. The quantitative estimate of drug-likeness (QED) is 0.659. The van der Waals surface area contributed by atoms with E-state index >= 15 is 0 Å². The van der Waals surface area contributed by atoms with E-state index in [0.29, 0.717) is 5.82 Å². The van der Waals surface area contributed by atoms with Crippen LogP contribution in [0, 0.1) is 10.1 Å². The van der Waals surface area contributed by atoms with Gasteiger partial charge in [-0.2, -0.15) is 5.10 Å². The molecule has 7 heteroatoms. The molecule has 7 nitrogen and oxygen atoms in total. The molecular formula is C11H13N5O2. The summed E-state index contributed by atoms with van der Waals surface area (Å²) in [6.07, 6.45) is 1.71. The van der Waals surface area contributed by atoms with Crippen molar-refractivity contribution in [2.24, 2.45) is 0 Å². The zero-order valence-corrected chi connectivity index (χ0v) is 10.1. The van der Waals surface area contributed by atoms with E-state index in [1.54, 1.807) is 6.20 Å². The summed E-state index contributed by atoms with van der Waals surface area (Å²) >= 11 is 0. The Bertz CT molecular complexity index is 591. The summed E-state index contributed by atoms with van der Waals surface area (Å²) in [5, 5.41) is 15.0. The second-order valence-corrected chi connectivity index (χ2v) is 4.21. The third kappa shape index (κ3) is 2.29. The van der Waals surface area contributed by atoms with Crippen molar-refractivity contribution >= 4 is 11.5 Å². The molecule has 94 valence electrons. The highest BCUT2D eigenvalue weighted by atomic mass is 16.6. The molecule has 0 aliphatic carbocycles. The number of anilines is 1. The Morgan fingerprint density at radius 1 is 1.44 bits per heavy atom. The average Bonchev–Trinajstić information content (AvgIpc) is 2.77. The molecule has 0 aromatic carbocycles. The summed E-state index contributed by atoms with van der Waals surface area (Å²) in [7, 11) is 0. The highest BCUT2D eigenvalue weighted by Crippen LogP contribution is 2.19. The topological polar surface area (TPSA) is 99.9 Å². The molecule has 2 heterocycles. The fraction of sp³-hybridized carbons (Fsp3) is 0.273. The van der Waals surface area contributed by atoms with Gasteiger partial charge >= 0.3 is 0 Å². The van der Waals surface area contributed by atoms with Gasteiger partial charge in [0, 0.05) is 6.20 Å². The van der Waals surface area contributed by atoms with Crippen LogP contribution in [0.25, 0.3) is 5.82 Å². The maximum Gasteiger partial charge on any atom is 0.276 e. The first kappa shape index (κ1) is 12.0. The first-order chi connectivity index (χ1) is 8.47. The van der Waals surface area contributed by atoms with Crippen molar-refractivity contribution < 1.29 is 4.92 Å². The standard InChI is InChI=1S/C11H13N5O2/c1-7(2)9-3-4-15(14-9)11-6-8(16(17)18)5-10(12)13-11/h3-7H,1-2H3,(H2,12,13). The van der Waals surface area contributed by atoms with Crippen LogP contribution in [0.1, 0.15) is 25.5 Å². The minimum atomic E-state index is -0.506. The van der Waals surface area contributed by atoms with Crippen molar-refractivity contribution in [1.29, 1.82) is 0 Å². The van der Waals surface area contributed by atoms with Gasteiger partial charge in [-0.15, -0.1) is 0 Å². The Kier molecular flexibility index (Phi) is 2.97. The van der Waals surface area contributed by atoms with E-state index in [2.05, 4.69) is 10.1 Å². The van der Waals surface area contributed by atoms with Gasteiger partial charge in [-0.05, 0) is 12.0 Å². The minimum Gasteiger partial charge on any atom is -0.383 e. The van der Waals surface area contributed by atoms with Crippen LogP contribution in [-0.2, 0) is 0 Å². The molecule has 18 heavy (non-hydrogen) atoms. The molecular weight excluding hydrogens is 234 g/mol. The number of pyridine rings is 1. The maximum absolute atomic E-state index is 10.7. The number of nitro groups is 1. The van der Waals surface area contributed by atoms with Crippen LogP contribution in [0.4, 0.5) is 11.5 Å². The second-order valence-electron chi connectivity index (χ2n) is 4.21. The van der Waals surface area contributed by atoms with E-state index in [0.717, 1.165) is 5.69 Å². The molecule has 2 N–H and O–H groups in total. The van der Waals surface area contributed by atoms with Crippen molar-refractivity contribution in [3.05, 3.63) is 40.2 Å². The minimum absolute atomic E-state index is 0.0980. The third-order valence-electron chi connectivity index (χ3n) is 2.46. The molecule has 0 aliphatic rings. The van der Waals surface area contributed by atoms with Crippen molar-refractivity contribution in [1.82, 2.24) is 14.8 Å². The number of nitrogen functional groups attached to an aromatic ring is 1. The van der Waals surface area contributed by atoms with Gasteiger partial charge in [0.2, 0.25) is 0 Å². The van der Waals surface area contributed by atoms with Crippen LogP contribution >= 0.6 is 0 Å².